The van der Waals surface area contributed by atoms with Crippen LogP contribution in [-0.4, -0.2) is 27.6 Å². The highest BCUT2D eigenvalue weighted by molar-refractivity contribution is 5.93. The molecule has 1 atom stereocenters. The topological polar surface area (TPSA) is 83.8 Å². The maximum absolute atomic E-state index is 11.7. The Morgan fingerprint density at radius 3 is 3.09 bits per heavy atom. The number of amides is 1. The Morgan fingerprint density at radius 1 is 1.32 bits per heavy atom. The average molecular weight is 296 g/mol. The molecule has 1 unspecified atom stereocenters. The highest BCUT2D eigenvalue weighted by atomic mass is 16.5. The summed E-state index contributed by atoms with van der Waals surface area (Å²) in [5, 5.41) is 8.02. The van der Waals surface area contributed by atoms with Crippen LogP contribution in [0.25, 0.3) is 22.3 Å². The first-order chi connectivity index (χ1) is 10.7. The van der Waals surface area contributed by atoms with Gasteiger partial charge in [-0.2, -0.15) is 4.98 Å². The fraction of sp³-hybridized carbons (Fsp3) is 0.312. The van der Waals surface area contributed by atoms with Gasteiger partial charge < -0.3 is 14.8 Å². The van der Waals surface area contributed by atoms with Crippen LogP contribution >= 0.6 is 0 Å². The van der Waals surface area contributed by atoms with Gasteiger partial charge in [-0.15, -0.1) is 0 Å². The Labute approximate surface area is 126 Å². The number of rotatable bonds is 2. The molecule has 0 saturated carbocycles. The number of nitrogens with zero attached hydrogens (tertiary/aromatic N) is 2. The van der Waals surface area contributed by atoms with Crippen LogP contribution in [0.15, 0.2) is 35.0 Å². The molecule has 4 rings (SSSR count). The van der Waals surface area contributed by atoms with Crippen LogP contribution in [0.4, 0.5) is 0 Å². The summed E-state index contributed by atoms with van der Waals surface area (Å²) in [6.45, 7) is 2.64. The zero-order valence-electron chi connectivity index (χ0n) is 12.2. The van der Waals surface area contributed by atoms with Gasteiger partial charge in [0, 0.05) is 35.6 Å². The summed E-state index contributed by atoms with van der Waals surface area (Å²) in [5.41, 5.74) is 1.57. The highest BCUT2D eigenvalue weighted by Gasteiger charge is 2.38. The van der Waals surface area contributed by atoms with Crippen molar-refractivity contribution in [3.8, 4) is 11.4 Å². The normalized spacial score (nSPS) is 22.0. The molecule has 0 spiro atoms. The first-order valence-corrected chi connectivity index (χ1v) is 7.33. The van der Waals surface area contributed by atoms with Gasteiger partial charge in [-0.1, -0.05) is 24.2 Å². The number of aromatic nitrogens is 3. The van der Waals surface area contributed by atoms with E-state index in [1.165, 1.54) is 0 Å². The van der Waals surface area contributed by atoms with Gasteiger partial charge in [-0.05, 0) is 18.6 Å². The fourth-order valence-corrected chi connectivity index (χ4v) is 3.02. The third-order valence-corrected chi connectivity index (χ3v) is 4.33. The molecule has 2 N–H and O–H groups in total. The summed E-state index contributed by atoms with van der Waals surface area (Å²) < 4.78 is 5.48. The van der Waals surface area contributed by atoms with Crippen molar-refractivity contribution >= 4 is 16.8 Å². The van der Waals surface area contributed by atoms with E-state index in [1.807, 2.05) is 37.4 Å². The van der Waals surface area contributed by atoms with Gasteiger partial charge in [0.05, 0.1) is 5.41 Å². The first-order valence-electron chi connectivity index (χ1n) is 7.33. The molecule has 3 aromatic rings. The lowest BCUT2D eigenvalue weighted by molar-refractivity contribution is -0.124. The number of carbonyl (C=O) groups excluding carboxylic acids is 1. The molecule has 6 heteroatoms. The molecule has 6 nitrogen and oxygen atoms in total. The molecular formula is C16H16N4O2. The first kappa shape index (κ1) is 13.1. The second kappa shape index (κ2) is 4.69. The molecular weight excluding hydrogens is 280 g/mol. The fourth-order valence-electron chi connectivity index (χ4n) is 3.02. The minimum absolute atomic E-state index is 0.0289. The molecule has 0 radical (unpaired) electrons. The number of H-pyrrole nitrogens is 1. The number of hydrogen-bond donors (Lipinski definition) is 2. The quantitative estimate of drug-likeness (QED) is 0.760. The van der Waals surface area contributed by atoms with E-state index in [0.29, 0.717) is 24.7 Å². The third kappa shape index (κ3) is 1.99. The lowest BCUT2D eigenvalue weighted by Gasteiger charge is -2.29. The van der Waals surface area contributed by atoms with Crippen molar-refractivity contribution in [3.05, 3.63) is 36.4 Å². The average Bonchev–Trinajstić information content (AvgIpc) is 3.16. The summed E-state index contributed by atoms with van der Waals surface area (Å²) in [4.78, 5) is 19.4. The largest absolute Gasteiger partial charge is 0.361 e. The lowest BCUT2D eigenvalue weighted by Crippen LogP contribution is -2.41. The summed E-state index contributed by atoms with van der Waals surface area (Å²) in [5.74, 6) is 1.12. The van der Waals surface area contributed by atoms with Crippen LogP contribution in [0.2, 0.25) is 0 Å². The zero-order valence-corrected chi connectivity index (χ0v) is 12.2. The van der Waals surface area contributed by atoms with Gasteiger partial charge in [0.1, 0.15) is 0 Å². The summed E-state index contributed by atoms with van der Waals surface area (Å²) in [6.07, 6.45) is 3.07. The Hall–Kier alpha value is -2.63. The molecule has 1 fully saturated rings. The van der Waals surface area contributed by atoms with Crippen LogP contribution < -0.4 is 5.32 Å². The number of fused-ring (bicyclic) bond motifs is 1. The molecule has 0 bridgehead atoms. The molecule has 1 aliphatic rings. The lowest BCUT2D eigenvalue weighted by atomic mass is 9.80. The summed E-state index contributed by atoms with van der Waals surface area (Å²) in [6, 6.07) is 7.93. The number of carbonyl (C=O) groups is 1. The second-order valence-electron chi connectivity index (χ2n) is 6.01. The van der Waals surface area contributed by atoms with Crippen molar-refractivity contribution in [1.82, 2.24) is 20.4 Å². The van der Waals surface area contributed by atoms with Crippen LogP contribution in [0, 0.1) is 0 Å². The van der Waals surface area contributed by atoms with Crippen LogP contribution in [0.5, 0.6) is 0 Å². The standard InChI is InChI=1S/C16H16N4O2/c1-16(6-8-18-13(21)9-16)15-19-14(20-22-15)11-3-2-4-12-10(11)5-7-17-12/h2-5,7,17H,6,8-9H2,1H3,(H,18,21). The number of hydrogen-bond acceptors (Lipinski definition) is 4. The summed E-state index contributed by atoms with van der Waals surface area (Å²) >= 11 is 0. The molecule has 0 aliphatic carbocycles. The van der Waals surface area contributed by atoms with E-state index in [4.69, 9.17) is 4.52 Å². The number of benzene rings is 1. The van der Waals surface area contributed by atoms with E-state index in [1.54, 1.807) is 0 Å². The number of piperidine rings is 1. The third-order valence-electron chi connectivity index (χ3n) is 4.33. The molecule has 1 aliphatic heterocycles. The minimum atomic E-state index is -0.389. The van der Waals surface area contributed by atoms with Crippen LogP contribution in [0.1, 0.15) is 25.7 Å². The maximum atomic E-state index is 11.7. The van der Waals surface area contributed by atoms with E-state index in [0.717, 1.165) is 22.9 Å². The smallest absolute Gasteiger partial charge is 0.233 e. The Kier molecular flexibility index (Phi) is 2.79. The van der Waals surface area contributed by atoms with Gasteiger partial charge in [0.25, 0.3) is 0 Å². The van der Waals surface area contributed by atoms with Gasteiger partial charge in [0.15, 0.2) is 0 Å². The molecule has 1 saturated heterocycles. The van der Waals surface area contributed by atoms with E-state index in [2.05, 4.69) is 20.4 Å². The Balaban J connectivity index is 1.75. The molecule has 2 aromatic heterocycles. The molecule has 112 valence electrons. The van der Waals surface area contributed by atoms with Gasteiger partial charge >= 0.3 is 0 Å². The molecule has 22 heavy (non-hydrogen) atoms. The van der Waals surface area contributed by atoms with Crippen molar-refractivity contribution in [2.24, 2.45) is 0 Å². The van der Waals surface area contributed by atoms with E-state index in [-0.39, 0.29) is 11.3 Å². The van der Waals surface area contributed by atoms with E-state index >= 15 is 0 Å². The second-order valence-corrected chi connectivity index (χ2v) is 6.01. The van der Waals surface area contributed by atoms with Crippen molar-refractivity contribution in [2.45, 2.75) is 25.2 Å². The zero-order chi connectivity index (χ0) is 15.2. The van der Waals surface area contributed by atoms with E-state index in [9.17, 15) is 4.79 Å². The summed E-state index contributed by atoms with van der Waals surface area (Å²) in [7, 11) is 0. The van der Waals surface area contributed by atoms with Crippen LogP contribution in [-0.2, 0) is 10.2 Å². The van der Waals surface area contributed by atoms with Gasteiger partial charge in [0.2, 0.25) is 17.6 Å². The van der Waals surface area contributed by atoms with Crippen molar-refractivity contribution < 1.29 is 9.32 Å². The maximum Gasteiger partial charge on any atom is 0.233 e. The minimum Gasteiger partial charge on any atom is -0.361 e. The molecule has 3 heterocycles. The monoisotopic (exact) mass is 296 g/mol. The van der Waals surface area contributed by atoms with Crippen molar-refractivity contribution in [3.63, 3.8) is 0 Å². The molecule has 1 aromatic carbocycles. The highest BCUT2D eigenvalue weighted by Crippen LogP contribution is 2.34. The number of aromatic amines is 1. The Bertz CT molecular complexity index is 851. The SMILES string of the molecule is CC1(c2nc(-c3cccc4[nH]ccc34)no2)CCNC(=O)C1. The Morgan fingerprint density at radius 2 is 2.23 bits per heavy atom. The predicted octanol–water partition coefficient (Wildman–Crippen LogP) is 2.39. The predicted molar refractivity (Wildman–Crippen MR) is 81.2 cm³/mol. The van der Waals surface area contributed by atoms with Crippen LogP contribution in [0.3, 0.4) is 0 Å². The molecule has 1 amide bonds. The van der Waals surface area contributed by atoms with E-state index < -0.39 is 0 Å². The van der Waals surface area contributed by atoms with Crippen molar-refractivity contribution in [1.29, 1.82) is 0 Å². The van der Waals surface area contributed by atoms with Gasteiger partial charge in [-0.3, -0.25) is 4.79 Å². The number of nitrogens with one attached hydrogen (secondary N) is 2. The van der Waals surface area contributed by atoms with Crippen molar-refractivity contribution in [2.75, 3.05) is 6.54 Å². The van der Waals surface area contributed by atoms with Gasteiger partial charge in [-0.25, -0.2) is 0 Å².